The quantitative estimate of drug-likeness (QED) is 0.231. The molecule has 0 aromatic carbocycles. The highest BCUT2D eigenvalue weighted by Gasteiger charge is 2.30. The van der Waals surface area contributed by atoms with Crippen molar-refractivity contribution in [2.24, 2.45) is 0 Å². The number of carbonyl (C=O) groups is 3. The van der Waals surface area contributed by atoms with Crippen molar-refractivity contribution in [2.45, 2.75) is 40.2 Å². The average Bonchev–Trinajstić information content (AvgIpc) is 3.60. The number of nitrogens with zero attached hydrogens (tertiary/aromatic N) is 3. The Hall–Kier alpha value is -4.18. The zero-order chi connectivity index (χ0) is 28.7. The van der Waals surface area contributed by atoms with Gasteiger partial charge in [-0.2, -0.15) is 0 Å². The molecular weight excluding hydrogens is 496 g/mol. The molecule has 208 valence electrons. The number of aryl methyl sites for hydroxylation is 1. The van der Waals surface area contributed by atoms with Gasteiger partial charge in [0, 0.05) is 61.9 Å². The molecule has 3 N–H and O–H groups in total. The van der Waals surface area contributed by atoms with Crippen molar-refractivity contribution >= 4 is 35.6 Å². The van der Waals surface area contributed by atoms with E-state index in [2.05, 4.69) is 15.2 Å². The Labute approximate surface area is 229 Å². The van der Waals surface area contributed by atoms with Gasteiger partial charge in [-0.1, -0.05) is 0 Å². The van der Waals surface area contributed by atoms with Crippen molar-refractivity contribution in [1.82, 2.24) is 24.5 Å². The van der Waals surface area contributed by atoms with Crippen LogP contribution >= 0.6 is 0 Å². The van der Waals surface area contributed by atoms with E-state index in [-0.39, 0.29) is 11.8 Å². The zero-order valence-electron chi connectivity index (χ0n) is 23.5. The summed E-state index contributed by atoms with van der Waals surface area (Å²) in [6.45, 7) is 9.12. The summed E-state index contributed by atoms with van der Waals surface area (Å²) in [6, 6.07) is 5.93. The summed E-state index contributed by atoms with van der Waals surface area (Å²) in [5.74, 6) is 0.871. The Balaban J connectivity index is 0.00000134. The summed E-state index contributed by atoms with van der Waals surface area (Å²) in [5.41, 5.74) is 4.32. The topological polar surface area (TPSA) is 123 Å². The number of carbonyl (C=O) groups excluding carboxylic acids is 3. The Morgan fingerprint density at radius 2 is 2.00 bits per heavy atom. The van der Waals surface area contributed by atoms with Crippen LogP contribution in [0.1, 0.15) is 57.9 Å². The number of aldehydes is 1. The molecule has 0 aliphatic carbocycles. The van der Waals surface area contributed by atoms with Gasteiger partial charge in [-0.05, 0) is 71.5 Å². The molecule has 1 saturated heterocycles. The number of H-pyrrole nitrogens is 1. The number of allylic oxidation sites excluding steroid dienone is 1. The van der Waals surface area contributed by atoms with Gasteiger partial charge in [0.05, 0.1) is 11.3 Å². The lowest BCUT2D eigenvalue weighted by Crippen LogP contribution is -2.34. The van der Waals surface area contributed by atoms with Crippen LogP contribution in [0.25, 0.3) is 11.3 Å². The standard InChI is InChI=1S/C27H34N6O3.C2H4O/c1-6-29-26(34)25-17(2)13-20-14-21(9-12-33(20)25)36-23(7-10-28)24-18(3)22(15-30-24)27(35)32-11-8-19(16-32)31(4)5;1-2-3/h7,9-10,12-15,19,28,30H,6,8,11,16H2,1-5H3,(H,29,34);2H,1H3/b23-7+,28-10?;. The molecule has 0 saturated carbocycles. The van der Waals surface area contributed by atoms with E-state index in [0.717, 1.165) is 42.1 Å². The lowest BCUT2D eigenvalue weighted by Gasteiger charge is -2.20. The van der Waals surface area contributed by atoms with E-state index in [1.807, 2.05) is 56.3 Å². The van der Waals surface area contributed by atoms with E-state index < -0.39 is 0 Å². The van der Waals surface area contributed by atoms with Crippen LogP contribution in [0.4, 0.5) is 0 Å². The van der Waals surface area contributed by atoms with Gasteiger partial charge in [-0.3, -0.25) is 9.59 Å². The molecule has 2 amide bonds. The normalized spacial score (nSPS) is 15.2. The van der Waals surface area contributed by atoms with Crippen LogP contribution in [0.3, 0.4) is 0 Å². The van der Waals surface area contributed by atoms with Gasteiger partial charge in [-0.25, -0.2) is 0 Å². The molecule has 39 heavy (non-hydrogen) atoms. The molecule has 0 spiro atoms. The summed E-state index contributed by atoms with van der Waals surface area (Å²) >= 11 is 0. The van der Waals surface area contributed by atoms with E-state index in [1.165, 1.54) is 6.92 Å². The van der Waals surface area contributed by atoms with Crippen molar-refractivity contribution in [3.05, 3.63) is 64.7 Å². The van der Waals surface area contributed by atoms with E-state index in [9.17, 15) is 9.59 Å². The second kappa shape index (κ2) is 13.1. The second-order valence-corrected chi connectivity index (χ2v) is 9.59. The van der Waals surface area contributed by atoms with Crippen molar-refractivity contribution < 1.29 is 19.1 Å². The summed E-state index contributed by atoms with van der Waals surface area (Å²) in [4.78, 5) is 41.7. The van der Waals surface area contributed by atoms with Crippen molar-refractivity contribution in [1.29, 1.82) is 5.41 Å². The predicted molar refractivity (Wildman–Crippen MR) is 153 cm³/mol. The summed E-state index contributed by atoms with van der Waals surface area (Å²) in [5, 5.41) is 10.5. The van der Waals surface area contributed by atoms with Gasteiger partial charge < -0.3 is 39.4 Å². The third kappa shape index (κ3) is 6.46. The first-order chi connectivity index (χ1) is 18.7. The van der Waals surface area contributed by atoms with Crippen LogP contribution in [0.5, 0.6) is 5.75 Å². The number of amides is 2. The SMILES string of the molecule is CC=O.CCNC(=O)c1c(C)cc2cc(O/C(=C/C=N)c3[nH]cc(C(=O)N4CCC(N(C)C)C4)c3C)ccn12. The number of ether oxygens (including phenoxy) is 1. The highest BCUT2D eigenvalue weighted by atomic mass is 16.5. The molecule has 1 aliphatic heterocycles. The first-order valence-electron chi connectivity index (χ1n) is 13.0. The van der Waals surface area contributed by atoms with E-state index in [1.54, 1.807) is 24.5 Å². The van der Waals surface area contributed by atoms with Crippen LogP contribution in [0.2, 0.25) is 0 Å². The second-order valence-electron chi connectivity index (χ2n) is 9.59. The maximum atomic E-state index is 13.2. The molecule has 1 unspecified atom stereocenters. The van der Waals surface area contributed by atoms with Crippen LogP contribution < -0.4 is 10.1 Å². The predicted octanol–water partition coefficient (Wildman–Crippen LogP) is 3.68. The summed E-state index contributed by atoms with van der Waals surface area (Å²) < 4.78 is 8.02. The molecule has 10 nitrogen and oxygen atoms in total. The number of fused-ring (bicyclic) bond motifs is 1. The third-order valence-electron chi connectivity index (χ3n) is 6.75. The summed E-state index contributed by atoms with van der Waals surface area (Å²) in [6.07, 6.45) is 7.94. The van der Waals surface area contributed by atoms with Gasteiger partial charge in [-0.15, -0.1) is 0 Å². The van der Waals surface area contributed by atoms with Crippen molar-refractivity contribution in [2.75, 3.05) is 33.7 Å². The maximum absolute atomic E-state index is 13.2. The molecular formula is C29H38N6O4. The molecule has 1 aliphatic rings. The Bertz CT molecular complexity index is 1380. The van der Waals surface area contributed by atoms with Crippen LogP contribution in [-0.2, 0) is 4.79 Å². The molecule has 4 heterocycles. The minimum Gasteiger partial charge on any atom is -0.455 e. The Morgan fingerprint density at radius 1 is 1.28 bits per heavy atom. The fraction of sp³-hybridized carbons (Fsp3) is 0.379. The number of nitrogens with one attached hydrogen (secondary N) is 3. The molecule has 10 heteroatoms. The Morgan fingerprint density at radius 3 is 2.62 bits per heavy atom. The van der Waals surface area contributed by atoms with E-state index in [4.69, 9.17) is 14.9 Å². The number of aromatic nitrogens is 2. The maximum Gasteiger partial charge on any atom is 0.268 e. The summed E-state index contributed by atoms with van der Waals surface area (Å²) in [7, 11) is 4.08. The molecule has 1 fully saturated rings. The number of likely N-dealkylation sites (tertiary alicyclic amines) is 1. The van der Waals surface area contributed by atoms with Gasteiger partial charge in [0.1, 0.15) is 17.7 Å². The Kier molecular flexibility index (Phi) is 9.84. The van der Waals surface area contributed by atoms with Gasteiger partial charge in [0.15, 0.2) is 5.76 Å². The first-order valence-corrected chi connectivity index (χ1v) is 13.0. The third-order valence-corrected chi connectivity index (χ3v) is 6.75. The van der Waals surface area contributed by atoms with Crippen LogP contribution in [0, 0.1) is 19.3 Å². The highest BCUT2D eigenvalue weighted by Crippen LogP contribution is 2.28. The molecule has 3 aromatic rings. The number of hydrogen-bond donors (Lipinski definition) is 3. The van der Waals surface area contributed by atoms with Gasteiger partial charge in [0.2, 0.25) is 0 Å². The van der Waals surface area contributed by atoms with Gasteiger partial charge in [0.25, 0.3) is 11.8 Å². The van der Waals surface area contributed by atoms with E-state index >= 15 is 0 Å². The van der Waals surface area contributed by atoms with Crippen molar-refractivity contribution in [3.63, 3.8) is 0 Å². The van der Waals surface area contributed by atoms with Crippen LogP contribution in [-0.4, -0.2) is 83.3 Å². The molecule has 0 radical (unpaired) electrons. The molecule has 4 rings (SSSR count). The number of likely N-dealkylation sites (N-methyl/N-ethyl adjacent to an activating group) is 1. The fourth-order valence-corrected chi connectivity index (χ4v) is 4.75. The number of pyridine rings is 1. The largest absolute Gasteiger partial charge is 0.455 e. The number of aromatic amines is 1. The van der Waals surface area contributed by atoms with Gasteiger partial charge >= 0.3 is 0 Å². The minimum atomic E-state index is -0.123. The van der Waals surface area contributed by atoms with Crippen molar-refractivity contribution in [3.8, 4) is 5.75 Å². The molecule has 3 aromatic heterocycles. The number of hydrogen-bond acceptors (Lipinski definition) is 6. The zero-order valence-corrected chi connectivity index (χ0v) is 23.5. The minimum absolute atomic E-state index is 0.00322. The molecule has 0 bridgehead atoms. The van der Waals surface area contributed by atoms with E-state index in [0.29, 0.717) is 47.6 Å². The number of rotatable bonds is 8. The van der Waals surface area contributed by atoms with Crippen LogP contribution in [0.15, 0.2) is 36.7 Å². The first kappa shape index (κ1) is 29.4. The average molecular weight is 535 g/mol. The lowest BCUT2D eigenvalue weighted by atomic mass is 10.1. The lowest BCUT2D eigenvalue weighted by molar-refractivity contribution is -0.106. The highest BCUT2D eigenvalue weighted by molar-refractivity contribution is 5.97. The smallest absolute Gasteiger partial charge is 0.268 e. The fourth-order valence-electron chi connectivity index (χ4n) is 4.75. The monoisotopic (exact) mass is 534 g/mol. The molecule has 1 atom stereocenters.